The van der Waals surface area contributed by atoms with Gasteiger partial charge < -0.3 is 9.52 Å². The highest BCUT2D eigenvalue weighted by Crippen LogP contribution is 2.24. The summed E-state index contributed by atoms with van der Waals surface area (Å²) in [6.45, 7) is 0. The maximum atomic E-state index is 11.2. The molecule has 0 aliphatic carbocycles. The van der Waals surface area contributed by atoms with Gasteiger partial charge >= 0.3 is 0 Å². The minimum Gasteiger partial charge on any atom is -0.469 e. The molecule has 0 aromatic carbocycles. The third kappa shape index (κ3) is 3.09. The Hall–Kier alpha value is -0.810. The van der Waals surface area contributed by atoms with Gasteiger partial charge in [0.2, 0.25) is 0 Å². The summed E-state index contributed by atoms with van der Waals surface area (Å²) < 4.78 is 27.6. The molecule has 1 aliphatic rings. The standard InChI is InChI=1S/C11H16O4S/c12-10(7-11-2-1-4-15-11)6-9-3-5-16(13,14)8-9/h1-2,4,9-10,12H,3,5-8H2. The van der Waals surface area contributed by atoms with Crippen LogP contribution in [-0.2, 0) is 16.3 Å². The first-order chi connectivity index (χ1) is 7.55. The molecule has 2 atom stereocenters. The molecule has 0 spiro atoms. The highest BCUT2D eigenvalue weighted by Gasteiger charge is 2.29. The van der Waals surface area contributed by atoms with Gasteiger partial charge in [0.15, 0.2) is 9.84 Å². The van der Waals surface area contributed by atoms with Crippen molar-refractivity contribution in [3.63, 3.8) is 0 Å². The lowest BCUT2D eigenvalue weighted by Crippen LogP contribution is -2.17. The van der Waals surface area contributed by atoms with E-state index < -0.39 is 15.9 Å². The van der Waals surface area contributed by atoms with Crippen molar-refractivity contribution in [2.45, 2.75) is 25.4 Å². The van der Waals surface area contributed by atoms with Crippen molar-refractivity contribution in [1.29, 1.82) is 0 Å². The molecule has 0 amide bonds. The van der Waals surface area contributed by atoms with Gasteiger partial charge in [0, 0.05) is 6.42 Å². The molecule has 0 saturated carbocycles. The molecule has 1 fully saturated rings. The summed E-state index contributed by atoms with van der Waals surface area (Å²) in [6.07, 6.45) is 2.74. The van der Waals surface area contributed by atoms with E-state index in [0.717, 1.165) is 5.76 Å². The maximum Gasteiger partial charge on any atom is 0.150 e. The molecule has 1 aliphatic heterocycles. The molecular formula is C11H16O4S. The summed E-state index contributed by atoms with van der Waals surface area (Å²) in [6, 6.07) is 3.59. The predicted molar refractivity (Wildman–Crippen MR) is 59.8 cm³/mol. The summed E-state index contributed by atoms with van der Waals surface area (Å²) in [7, 11) is -2.84. The second-order valence-corrected chi connectivity index (χ2v) is 6.67. The van der Waals surface area contributed by atoms with Crippen LogP contribution in [0.3, 0.4) is 0 Å². The van der Waals surface area contributed by atoms with E-state index >= 15 is 0 Å². The highest BCUT2D eigenvalue weighted by atomic mass is 32.2. The molecular weight excluding hydrogens is 228 g/mol. The van der Waals surface area contributed by atoms with E-state index in [9.17, 15) is 13.5 Å². The molecule has 0 radical (unpaired) electrons. The van der Waals surface area contributed by atoms with Crippen molar-refractivity contribution in [3.8, 4) is 0 Å². The fourth-order valence-electron chi connectivity index (χ4n) is 2.19. The van der Waals surface area contributed by atoms with Gasteiger partial charge in [-0.2, -0.15) is 0 Å². The first-order valence-electron chi connectivity index (χ1n) is 5.46. The average Bonchev–Trinajstić information content (AvgIpc) is 2.76. The maximum absolute atomic E-state index is 11.2. The fourth-order valence-corrected chi connectivity index (χ4v) is 4.07. The Morgan fingerprint density at radius 3 is 2.94 bits per heavy atom. The van der Waals surface area contributed by atoms with Gasteiger partial charge in [-0.25, -0.2) is 8.42 Å². The van der Waals surface area contributed by atoms with E-state index in [4.69, 9.17) is 4.42 Å². The van der Waals surface area contributed by atoms with Crippen LogP contribution in [0.5, 0.6) is 0 Å². The zero-order valence-corrected chi connectivity index (χ0v) is 9.82. The molecule has 2 unspecified atom stereocenters. The Labute approximate surface area is 95.2 Å². The number of aliphatic hydroxyl groups is 1. The van der Waals surface area contributed by atoms with Crippen LogP contribution in [0.25, 0.3) is 0 Å². The van der Waals surface area contributed by atoms with Gasteiger partial charge in [-0.1, -0.05) is 0 Å². The van der Waals surface area contributed by atoms with Crippen LogP contribution < -0.4 is 0 Å². The number of aliphatic hydroxyl groups excluding tert-OH is 1. The monoisotopic (exact) mass is 244 g/mol. The van der Waals surface area contributed by atoms with E-state index in [-0.39, 0.29) is 17.4 Å². The molecule has 1 N–H and O–H groups in total. The lowest BCUT2D eigenvalue weighted by Gasteiger charge is -2.12. The first kappa shape index (κ1) is 11.7. The van der Waals surface area contributed by atoms with Crippen molar-refractivity contribution in [2.75, 3.05) is 11.5 Å². The van der Waals surface area contributed by atoms with Crippen LogP contribution in [0.15, 0.2) is 22.8 Å². The normalized spacial score (nSPS) is 25.7. The van der Waals surface area contributed by atoms with Crippen molar-refractivity contribution >= 4 is 9.84 Å². The quantitative estimate of drug-likeness (QED) is 0.858. The van der Waals surface area contributed by atoms with Crippen molar-refractivity contribution in [1.82, 2.24) is 0 Å². The first-order valence-corrected chi connectivity index (χ1v) is 7.28. The molecule has 90 valence electrons. The van der Waals surface area contributed by atoms with Gasteiger partial charge in [0.1, 0.15) is 5.76 Å². The van der Waals surface area contributed by atoms with E-state index in [1.165, 1.54) is 0 Å². The van der Waals surface area contributed by atoms with E-state index in [0.29, 0.717) is 19.3 Å². The van der Waals surface area contributed by atoms with Gasteiger partial charge in [0.05, 0.1) is 23.9 Å². The van der Waals surface area contributed by atoms with Crippen LogP contribution in [0.4, 0.5) is 0 Å². The van der Waals surface area contributed by atoms with Crippen LogP contribution in [-0.4, -0.2) is 31.1 Å². The van der Waals surface area contributed by atoms with Crippen LogP contribution in [0, 0.1) is 5.92 Å². The number of sulfone groups is 1. The minimum atomic E-state index is -2.84. The smallest absolute Gasteiger partial charge is 0.150 e. The van der Waals surface area contributed by atoms with Gasteiger partial charge in [0.25, 0.3) is 0 Å². The summed E-state index contributed by atoms with van der Waals surface area (Å²) in [5, 5.41) is 9.80. The average molecular weight is 244 g/mol. The molecule has 0 bridgehead atoms. The summed E-state index contributed by atoms with van der Waals surface area (Å²) in [5.41, 5.74) is 0. The molecule has 2 heterocycles. The van der Waals surface area contributed by atoms with Crippen LogP contribution in [0.1, 0.15) is 18.6 Å². The Morgan fingerprint density at radius 1 is 1.56 bits per heavy atom. The molecule has 5 heteroatoms. The molecule has 16 heavy (non-hydrogen) atoms. The Bertz CT molecular complexity index is 421. The molecule has 1 aromatic rings. The van der Waals surface area contributed by atoms with Gasteiger partial charge in [-0.3, -0.25) is 0 Å². The lowest BCUT2D eigenvalue weighted by molar-refractivity contribution is 0.140. The second kappa shape index (κ2) is 4.59. The number of rotatable bonds is 4. The summed E-state index contributed by atoms with van der Waals surface area (Å²) in [5.74, 6) is 1.34. The zero-order valence-electron chi connectivity index (χ0n) is 9.00. The van der Waals surface area contributed by atoms with Crippen LogP contribution >= 0.6 is 0 Å². The van der Waals surface area contributed by atoms with E-state index in [1.807, 2.05) is 6.07 Å². The SMILES string of the molecule is O=S1(=O)CCC(CC(O)Cc2ccco2)C1. The third-order valence-corrected chi connectivity index (χ3v) is 4.79. The van der Waals surface area contributed by atoms with Gasteiger partial charge in [-0.15, -0.1) is 0 Å². The second-order valence-electron chi connectivity index (χ2n) is 4.44. The lowest BCUT2D eigenvalue weighted by atomic mass is 9.99. The third-order valence-electron chi connectivity index (χ3n) is 2.95. The van der Waals surface area contributed by atoms with E-state index in [2.05, 4.69) is 0 Å². The molecule has 2 rings (SSSR count). The predicted octanol–water partition coefficient (Wildman–Crippen LogP) is 1.01. The number of hydrogen-bond donors (Lipinski definition) is 1. The summed E-state index contributed by atoms with van der Waals surface area (Å²) in [4.78, 5) is 0. The Balaban J connectivity index is 1.82. The van der Waals surface area contributed by atoms with Crippen molar-refractivity contribution < 1.29 is 17.9 Å². The van der Waals surface area contributed by atoms with Crippen LogP contribution in [0.2, 0.25) is 0 Å². The molecule has 1 aromatic heterocycles. The van der Waals surface area contributed by atoms with Crippen molar-refractivity contribution in [2.24, 2.45) is 5.92 Å². The Morgan fingerprint density at radius 2 is 2.38 bits per heavy atom. The molecule has 1 saturated heterocycles. The van der Waals surface area contributed by atoms with E-state index in [1.54, 1.807) is 12.3 Å². The fraction of sp³-hybridized carbons (Fsp3) is 0.636. The Kier molecular flexibility index (Phi) is 3.35. The van der Waals surface area contributed by atoms with Crippen molar-refractivity contribution in [3.05, 3.63) is 24.2 Å². The molecule has 4 nitrogen and oxygen atoms in total. The topological polar surface area (TPSA) is 67.5 Å². The minimum absolute atomic E-state index is 0.106. The zero-order chi connectivity index (χ0) is 11.6. The number of hydrogen-bond acceptors (Lipinski definition) is 4. The number of furan rings is 1. The summed E-state index contributed by atoms with van der Waals surface area (Å²) >= 11 is 0. The van der Waals surface area contributed by atoms with Gasteiger partial charge in [-0.05, 0) is 30.9 Å². The highest BCUT2D eigenvalue weighted by molar-refractivity contribution is 7.91. The largest absolute Gasteiger partial charge is 0.469 e.